The SMILES string of the molecule is O=C(COc1ccc(Cl)cc1Cl)N/N=C/c1ccccc1C(F)(F)F. The summed E-state index contributed by atoms with van der Waals surface area (Å²) in [6, 6.07) is 9.33. The lowest BCUT2D eigenvalue weighted by Gasteiger charge is -2.09. The third-order valence-electron chi connectivity index (χ3n) is 2.91. The van der Waals surface area contributed by atoms with Gasteiger partial charge in [-0.15, -0.1) is 0 Å². The van der Waals surface area contributed by atoms with Gasteiger partial charge in [-0.05, 0) is 24.3 Å². The lowest BCUT2D eigenvalue weighted by Crippen LogP contribution is -2.24. The Balaban J connectivity index is 1.93. The van der Waals surface area contributed by atoms with E-state index in [-0.39, 0.29) is 16.3 Å². The number of alkyl halides is 3. The van der Waals surface area contributed by atoms with Gasteiger partial charge in [0.1, 0.15) is 5.75 Å². The molecule has 0 aromatic heterocycles. The highest BCUT2D eigenvalue weighted by atomic mass is 35.5. The predicted octanol–water partition coefficient (Wildman–Crippen LogP) is 4.54. The molecule has 9 heteroatoms. The molecular formula is C16H11Cl2F3N2O2. The molecule has 0 aliphatic heterocycles. The molecule has 0 spiro atoms. The Morgan fingerprint density at radius 3 is 2.60 bits per heavy atom. The number of nitrogens with zero attached hydrogens (tertiary/aromatic N) is 1. The molecule has 0 saturated carbocycles. The van der Waals surface area contributed by atoms with Crippen LogP contribution >= 0.6 is 23.2 Å². The van der Waals surface area contributed by atoms with E-state index in [2.05, 4.69) is 10.5 Å². The minimum absolute atomic E-state index is 0.169. The summed E-state index contributed by atoms with van der Waals surface area (Å²) >= 11 is 11.6. The highest BCUT2D eigenvalue weighted by Crippen LogP contribution is 2.31. The molecule has 0 radical (unpaired) electrons. The molecule has 25 heavy (non-hydrogen) atoms. The molecule has 1 amide bonds. The van der Waals surface area contributed by atoms with Crippen molar-refractivity contribution >= 4 is 35.3 Å². The standard InChI is InChI=1S/C16H11Cl2F3N2O2/c17-11-5-6-14(13(18)7-11)25-9-15(24)23-22-8-10-3-1-2-4-12(10)16(19,20)21/h1-8H,9H2,(H,23,24)/b22-8+. The van der Waals surface area contributed by atoms with Gasteiger partial charge in [-0.1, -0.05) is 41.4 Å². The Labute approximate surface area is 151 Å². The molecule has 2 aromatic rings. The van der Waals surface area contributed by atoms with Crippen LogP contribution in [-0.4, -0.2) is 18.7 Å². The van der Waals surface area contributed by atoms with Crippen LogP contribution in [0.4, 0.5) is 13.2 Å². The maximum Gasteiger partial charge on any atom is 0.417 e. The maximum atomic E-state index is 12.8. The molecule has 0 fully saturated rings. The van der Waals surface area contributed by atoms with Crippen molar-refractivity contribution < 1.29 is 22.7 Å². The number of hydrazone groups is 1. The predicted molar refractivity (Wildman–Crippen MR) is 89.1 cm³/mol. The number of hydrogen-bond acceptors (Lipinski definition) is 3. The van der Waals surface area contributed by atoms with E-state index in [0.717, 1.165) is 12.3 Å². The van der Waals surface area contributed by atoms with E-state index >= 15 is 0 Å². The fourth-order valence-corrected chi connectivity index (χ4v) is 2.27. The normalized spacial score (nSPS) is 11.6. The molecule has 2 rings (SSSR count). The number of carbonyl (C=O) groups is 1. The smallest absolute Gasteiger partial charge is 0.417 e. The topological polar surface area (TPSA) is 50.7 Å². The van der Waals surface area contributed by atoms with Crippen LogP contribution in [0, 0.1) is 0 Å². The largest absolute Gasteiger partial charge is 0.482 e. The Kier molecular flexibility index (Phi) is 6.27. The number of amides is 1. The summed E-state index contributed by atoms with van der Waals surface area (Å²) in [6.07, 6.45) is -3.60. The van der Waals surface area contributed by atoms with Crippen LogP contribution in [0.5, 0.6) is 5.75 Å². The summed E-state index contributed by atoms with van der Waals surface area (Å²) in [5, 5.41) is 4.14. The van der Waals surface area contributed by atoms with Gasteiger partial charge in [0.25, 0.3) is 5.91 Å². The van der Waals surface area contributed by atoms with Crippen molar-refractivity contribution in [3.8, 4) is 5.75 Å². The van der Waals surface area contributed by atoms with Crippen LogP contribution in [0.1, 0.15) is 11.1 Å². The highest BCUT2D eigenvalue weighted by Gasteiger charge is 2.32. The van der Waals surface area contributed by atoms with E-state index in [1.165, 1.54) is 36.4 Å². The van der Waals surface area contributed by atoms with E-state index in [4.69, 9.17) is 27.9 Å². The molecule has 0 unspecified atom stereocenters. The molecule has 2 aromatic carbocycles. The molecule has 0 aliphatic carbocycles. The Bertz CT molecular complexity index is 795. The quantitative estimate of drug-likeness (QED) is 0.601. The third-order valence-corrected chi connectivity index (χ3v) is 3.44. The zero-order valence-corrected chi connectivity index (χ0v) is 14.0. The second kappa shape index (κ2) is 8.22. The van der Waals surface area contributed by atoms with Crippen molar-refractivity contribution in [1.82, 2.24) is 5.43 Å². The van der Waals surface area contributed by atoms with Gasteiger partial charge in [0.15, 0.2) is 6.61 Å². The monoisotopic (exact) mass is 390 g/mol. The van der Waals surface area contributed by atoms with Crippen LogP contribution in [-0.2, 0) is 11.0 Å². The van der Waals surface area contributed by atoms with Crippen LogP contribution in [0.15, 0.2) is 47.6 Å². The molecule has 0 atom stereocenters. The van der Waals surface area contributed by atoms with E-state index < -0.39 is 24.3 Å². The van der Waals surface area contributed by atoms with E-state index in [1.807, 2.05) is 0 Å². The van der Waals surface area contributed by atoms with Crippen LogP contribution in [0.25, 0.3) is 0 Å². The number of rotatable bonds is 5. The minimum atomic E-state index is -4.51. The summed E-state index contributed by atoms with van der Waals surface area (Å²) in [5.41, 5.74) is 1.06. The lowest BCUT2D eigenvalue weighted by molar-refractivity contribution is -0.137. The van der Waals surface area contributed by atoms with E-state index in [1.54, 1.807) is 0 Å². The van der Waals surface area contributed by atoms with E-state index in [0.29, 0.717) is 5.02 Å². The fourth-order valence-electron chi connectivity index (χ4n) is 1.81. The average Bonchev–Trinajstić information content (AvgIpc) is 2.53. The Morgan fingerprint density at radius 2 is 1.92 bits per heavy atom. The summed E-state index contributed by atoms with van der Waals surface area (Å²) in [4.78, 5) is 11.6. The van der Waals surface area contributed by atoms with Crippen molar-refractivity contribution in [1.29, 1.82) is 0 Å². The first-order valence-electron chi connectivity index (χ1n) is 6.83. The lowest BCUT2D eigenvalue weighted by atomic mass is 10.1. The Hall–Kier alpha value is -2.25. The number of benzene rings is 2. The van der Waals surface area contributed by atoms with Gasteiger partial charge >= 0.3 is 6.18 Å². The van der Waals surface area contributed by atoms with Crippen molar-refractivity contribution in [2.45, 2.75) is 6.18 Å². The first-order valence-corrected chi connectivity index (χ1v) is 7.59. The van der Waals surface area contributed by atoms with Crippen molar-refractivity contribution in [2.24, 2.45) is 5.10 Å². The van der Waals surface area contributed by atoms with Crippen LogP contribution in [0.3, 0.4) is 0 Å². The summed E-state index contributed by atoms with van der Waals surface area (Å²) in [5.74, 6) is -0.417. The van der Waals surface area contributed by atoms with Crippen molar-refractivity contribution in [2.75, 3.05) is 6.61 Å². The van der Waals surface area contributed by atoms with Crippen LogP contribution in [0.2, 0.25) is 10.0 Å². The van der Waals surface area contributed by atoms with E-state index in [9.17, 15) is 18.0 Å². The second-order valence-electron chi connectivity index (χ2n) is 4.74. The summed E-state index contributed by atoms with van der Waals surface area (Å²) in [6.45, 7) is -0.417. The first kappa shape index (κ1) is 19.1. The molecule has 132 valence electrons. The van der Waals surface area contributed by atoms with Gasteiger partial charge in [0.05, 0.1) is 16.8 Å². The van der Waals surface area contributed by atoms with Gasteiger partial charge in [-0.25, -0.2) is 5.43 Å². The number of nitrogens with one attached hydrogen (secondary N) is 1. The molecule has 1 N–H and O–H groups in total. The third kappa shape index (κ3) is 5.65. The highest BCUT2D eigenvalue weighted by molar-refractivity contribution is 6.35. The number of ether oxygens (including phenoxy) is 1. The molecule has 0 aliphatic rings. The zero-order valence-electron chi connectivity index (χ0n) is 12.5. The molecular weight excluding hydrogens is 380 g/mol. The van der Waals surface area contributed by atoms with Crippen molar-refractivity contribution in [3.05, 3.63) is 63.6 Å². The first-order chi connectivity index (χ1) is 11.8. The average molecular weight is 391 g/mol. The van der Waals surface area contributed by atoms with Gasteiger partial charge in [0, 0.05) is 10.6 Å². The zero-order chi connectivity index (χ0) is 18.4. The van der Waals surface area contributed by atoms with Crippen LogP contribution < -0.4 is 10.2 Å². The minimum Gasteiger partial charge on any atom is -0.482 e. The summed E-state index contributed by atoms with van der Waals surface area (Å²) in [7, 11) is 0. The van der Waals surface area contributed by atoms with Gasteiger partial charge < -0.3 is 4.74 Å². The fraction of sp³-hybridized carbons (Fsp3) is 0.125. The second-order valence-corrected chi connectivity index (χ2v) is 5.59. The molecule has 0 bridgehead atoms. The van der Waals surface area contributed by atoms with Gasteiger partial charge in [-0.3, -0.25) is 4.79 Å². The number of carbonyl (C=O) groups excluding carboxylic acids is 1. The maximum absolute atomic E-state index is 12.8. The van der Waals surface area contributed by atoms with Gasteiger partial charge in [-0.2, -0.15) is 18.3 Å². The van der Waals surface area contributed by atoms with Gasteiger partial charge in [0.2, 0.25) is 0 Å². The summed E-state index contributed by atoms with van der Waals surface area (Å²) < 4.78 is 43.6. The Morgan fingerprint density at radius 1 is 1.20 bits per heavy atom. The van der Waals surface area contributed by atoms with Crippen molar-refractivity contribution in [3.63, 3.8) is 0 Å². The number of hydrogen-bond donors (Lipinski definition) is 1. The molecule has 0 heterocycles. The molecule has 4 nitrogen and oxygen atoms in total. The molecule has 0 saturated heterocycles. The number of halogens is 5.